The van der Waals surface area contributed by atoms with Crippen molar-refractivity contribution in [3.8, 4) is 0 Å². The highest BCUT2D eigenvalue weighted by Crippen LogP contribution is 2.35. The van der Waals surface area contributed by atoms with Gasteiger partial charge in [-0.05, 0) is 31.5 Å². The first-order valence-electron chi connectivity index (χ1n) is 6.67. The van der Waals surface area contributed by atoms with Gasteiger partial charge in [-0.3, -0.25) is 4.98 Å². The molecule has 0 unspecified atom stereocenters. The summed E-state index contributed by atoms with van der Waals surface area (Å²) in [6, 6.07) is 2.74. The summed E-state index contributed by atoms with van der Waals surface area (Å²) >= 11 is 0. The van der Waals surface area contributed by atoms with Gasteiger partial charge in [0.05, 0.1) is 12.6 Å². The third-order valence-electron chi connectivity index (χ3n) is 3.95. The molecule has 2 amide bonds. The normalized spacial score (nSPS) is 25.4. The van der Waals surface area contributed by atoms with Crippen molar-refractivity contribution in [2.75, 3.05) is 20.3 Å². The molecular formula is C14H19F2N3O2. The minimum absolute atomic E-state index is 0.205. The molecule has 2 rings (SSSR count). The molecule has 0 saturated carbocycles. The van der Waals surface area contributed by atoms with E-state index in [1.54, 1.807) is 31.6 Å². The van der Waals surface area contributed by atoms with Crippen LogP contribution in [0.2, 0.25) is 0 Å². The zero-order valence-corrected chi connectivity index (χ0v) is 12.3. The lowest BCUT2D eigenvalue weighted by Crippen LogP contribution is -2.60. The van der Waals surface area contributed by atoms with Gasteiger partial charge in [0.1, 0.15) is 12.1 Å². The van der Waals surface area contributed by atoms with E-state index in [4.69, 9.17) is 4.74 Å². The number of hydrogen-bond acceptors (Lipinski definition) is 3. The summed E-state index contributed by atoms with van der Waals surface area (Å²) in [6.07, 6.45) is 3.25. The molecule has 1 aliphatic rings. The molecule has 2 atom stereocenters. The Kier molecular flexibility index (Phi) is 4.13. The number of halogens is 2. The number of aromatic nitrogens is 1. The highest BCUT2D eigenvalue weighted by Gasteiger charge is 2.56. The van der Waals surface area contributed by atoms with Gasteiger partial charge in [-0.1, -0.05) is 0 Å². The summed E-state index contributed by atoms with van der Waals surface area (Å²) in [7, 11) is 1.57. The van der Waals surface area contributed by atoms with Crippen molar-refractivity contribution in [2.45, 2.75) is 31.4 Å². The van der Waals surface area contributed by atoms with Crippen molar-refractivity contribution >= 4 is 6.03 Å². The number of rotatable bonds is 3. The second-order valence-corrected chi connectivity index (χ2v) is 5.53. The maximum atomic E-state index is 13.8. The third-order valence-corrected chi connectivity index (χ3v) is 3.95. The lowest BCUT2D eigenvalue weighted by Gasteiger charge is -2.34. The van der Waals surface area contributed by atoms with Gasteiger partial charge >= 0.3 is 6.03 Å². The van der Waals surface area contributed by atoms with Crippen molar-refractivity contribution in [3.63, 3.8) is 0 Å². The van der Waals surface area contributed by atoms with Crippen LogP contribution in [0.4, 0.5) is 13.6 Å². The quantitative estimate of drug-likeness (QED) is 0.931. The Morgan fingerprint density at radius 2 is 2.05 bits per heavy atom. The molecule has 0 spiro atoms. The van der Waals surface area contributed by atoms with E-state index in [2.05, 4.69) is 10.3 Å². The first-order valence-corrected chi connectivity index (χ1v) is 6.67. The molecular weight excluding hydrogens is 280 g/mol. The number of carbonyl (C=O) groups is 1. The fraction of sp³-hybridized carbons (Fsp3) is 0.571. The average molecular weight is 299 g/mol. The molecule has 1 aromatic heterocycles. The lowest BCUT2D eigenvalue weighted by molar-refractivity contribution is -0.0522. The molecule has 116 valence electrons. The summed E-state index contributed by atoms with van der Waals surface area (Å²) in [5, 5.41) is 2.39. The van der Waals surface area contributed by atoms with Crippen LogP contribution in [0, 0.1) is 0 Å². The number of alkyl halides is 2. The standard InChI is InChI=1S/C14H19F2N3O2/c1-10(11-4-6-17-7-5-11)19(3)12(20)18-13(2)8-21-9-14(13,15)16/h4-7,10H,8-9H2,1-3H3,(H,18,20)/t10-,13+/m0/s1. The van der Waals surface area contributed by atoms with E-state index in [0.29, 0.717) is 0 Å². The zero-order chi connectivity index (χ0) is 15.7. The average Bonchev–Trinajstić information content (AvgIpc) is 2.71. The van der Waals surface area contributed by atoms with Gasteiger partial charge < -0.3 is 15.0 Å². The number of nitrogens with one attached hydrogen (secondary N) is 1. The maximum absolute atomic E-state index is 13.8. The number of pyridine rings is 1. The number of hydrogen-bond donors (Lipinski definition) is 1. The Morgan fingerprint density at radius 3 is 2.57 bits per heavy atom. The van der Waals surface area contributed by atoms with Crippen molar-refractivity contribution in [1.29, 1.82) is 0 Å². The molecule has 0 aliphatic carbocycles. The molecule has 1 fully saturated rings. The van der Waals surface area contributed by atoms with Crippen LogP contribution < -0.4 is 5.32 Å². The molecule has 1 saturated heterocycles. The Balaban J connectivity index is 2.07. The minimum Gasteiger partial charge on any atom is -0.372 e. The van der Waals surface area contributed by atoms with Crippen molar-refractivity contribution in [3.05, 3.63) is 30.1 Å². The maximum Gasteiger partial charge on any atom is 0.318 e. The van der Waals surface area contributed by atoms with E-state index in [9.17, 15) is 13.6 Å². The highest BCUT2D eigenvalue weighted by molar-refractivity contribution is 5.75. The van der Waals surface area contributed by atoms with Gasteiger partial charge in [0, 0.05) is 19.4 Å². The van der Waals surface area contributed by atoms with E-state index < -0.39 is 24.1 Å². The van der Waals surface area contributed by atoms with Gasteiger partial charge in [0.2, 0.25) is 0 Å². The minimum atomic E-state index is -3.08. The Bertz CT molecular complexity index is 512. The summed E-state index contributed by atoms with van der Waals surface area (Å²) in [5.74, 6) is -3.08. The molecule has 1 aromatic rings. The first kappa shape index (κ1) is 15.6. The number of ether oxygens (including phenoxy) is 1. The number of nitrogens with zero attached hydrogens (tertiary/aromatic N) is 2. The monoisotopic (exact) mass is 299 g/mol. The van der Waals surface area contributed by atoms with E-state index in [-0.39, 0.29) is 12.6 Å². The molecule has 7 heteroatoms. The van der Waals surface area contributed by atoms with Crippen LogP contribution in [0.15, 0.2) is 24.5 Å². The molecule has 1 aliphatic heterocycles. The van der Waals surface area contributed by atoms with Gasteiger partial charge in [-0.25, -0.2) is 13.6 Å². The Hall–Kier alpha value is -1.76. The third kappa shape index (κ3) is 2.97. The molecule has 1 N–H and O–H groups in total. The van der Waals surface area contributed by atoms with Crippen molar-refractivity contribution < 1.29 is 18.3 Å². The van der Waals surface area contributed by atoms with E-state index in [1.165, 1.54) is 11.8 Å². The fourth-order valence-electron chi connectivity index (χ4n) is 2.14. The number of amides is 2. The van der Waals surface area contributed by atoms with Crippen LogP contribution >= 0.6 is 0 Å². The molecule has 21 heavy (non-hydrogen) atoms. The van der Waals surface area contributed by atoms with E-state index >= 15 is 0 Å². The zero-order valence-electron chi connectivity index (χ0n) is 12.3. The summed E-state index contributed by atoms with van der Waals surface area (Å²) in [6.45, 7) is 2.24. The van der Waals surface area contributed by atoms with Gasteiger partial charge in [0.15, 0.2) is 0 Å². The highest BCUT2D eigenvalue weighted by atomic mass is 19.3. The van der Waals surface area contributed by atoms with E-state index in [1.807, 2.05) is 6.92 Å². The fourth-order valence-corrected chi connectivity index (χ4v) is 2.14. The molecule has 0 radical (unpaired) electrons. The largest absolute Gasteiger partial charge is 0.372 e. The predicted molar refractivity (Wildman–Crippen MR) is 73.1 cm³/mol. The smallest absolute Gasteiger partial charge is 0.318 e. The lowest BCUT2D eigenvalue weighted by atomic mass is 9.98. The van der Waals surface area contributed by atoms with Crippen LogP contribution in [0.3, 0.4) is 0 Å². The van der Waals surface area contributed by atoms with Crippen LogP contribution in [-0.2, 0) is 4.74 Å². The van der Waals surface area contributed by atoms with Crippen LogP contribution in [0.25, 0.3) is 0 Å². The Labute approximate surface area is 122 Å². The molecule has 5 nitrogen and oxygen atoms in total. The number of carbonyl (C=O) groups excluding carboxylic acids is 1. The second kappa shape index (κ2) is 5.55. The topological polar surface area (TPSA) is 54.5 Å². The van der Waals surface area contributed by atoms with Gasteiger partial charge in [-0.15, -0.1) is 0 Å². The van der Waals surface area contributed by atoms with Gasteiger partial charge in [0.25, 0.3) is 5.92 Å². The summed E-state index contributed by atoms with van der Waals surface area (Å²) in [4.78, 5) is 17.5. The molecule has 0 aromatic carbocycles. The number of urea groups is 1. The predicted octanol–water partition coefficient (Wildman–Crippen LogP) is 2.21. The van der Waals surface area contributed by atoms with Gasteiger partial charge in [-0.2, -0.15) is 0 Å². The summed E-state index contributed by atoms with van der Waals surface area (Å²) in [5.41, 5.74) is -0.807. The van der Waals surface area contributed by atoms with Crippen LogP contribution in [0.5, 0.6) is 0 Å². The van der Waals surface area contributed by atoms with Crippen LogP contribution in [-0.4, -0.2) is 47.6 Å². The first-order chi connectivity index (χ1) is 9.77. The second-order valence-electron chi connectivity index (χ2n) is 5.53. The van der Waals surface area contributed by atoms with E-state index in [0.717, 1.165) is 5.56 Å². The molecule has 0 bridgehead atoms. The van der Waals surface area contributed by atoms with Crippen molar-refractivity contribution in [2.24, 2.45) is 0 Å². The summed E-state index contributed by atoms with van der Waals surface area (Å²) < 4.78 is 32.4. The van der Waals surface area contributed by atoms with Crippen molar-refractivity contribution in [1.82, 2.24) is 15.2 Å². The molecule has 2 heterocycles. The SMILES string of the molecule is C[C@@H](c1ccncc1)N(C)C(=O)N[C@]1(C)COCC1(F)F. The Morgan fingerprint density at radius 1 is 1.43 bits per heavy atom. The van der Waals surface area contributed by atoms with Crippen LogP contribution in [0.1, 0.15) is 25.5 Å².